The summed E-state index contributed by atoms with van der Waals surface area (Å²) >= 11 is 1.32. The maximum absolute atomic E-state index is 12.7. The highest BCUT2D eigenvalue weighted by atomic mass is 32.2. The highest BCUT2D eigenvalue weighted by molar-refractivity contribution is 7.99. The largest absolute Gasteiger partial charge is 0.479 e. The molecule has 20 heavy (non-hydrogen) atoms. The van der Waals surface area contributed by atoms with Crippen LogP contribution >= 0.6 is 11.8 Å². The van der Waals surface area contributed by atoms with Gasteiger partial charge < -0.3 is 15.5 Å². The Labute approximate surface area is 120 Å². The van der Waals surface area contributed by atoms with Crippen LogP contribution in [0.25, 0.3) is 0 Å². The zero-order valence-electron chi connectivity index (χ0n) is 10.9. The summed E-state index contributed by atoms with van der Waals surface area (Å²) in [4.78, 5) is 22.1. The van der Waals surface area contributed by atoms with Gasteiger partial charge in [0.05, 0.1) is 12.3 Å². The number of benzene rings is 1. The molecule has 0 bridgehead atoms. The van der Waals surface area contributed by atoms with Crippen LogP contribution in [0.5, 0.6) is 0 Å². The second-order valence-corrected chi connectivity index (χ2v) is 5.46. The van der Waals surface area contributed by atoms with Crippen LogP contribution in [0.3, 0.4) is 0 Å². The molecular weight excluding hydrogens is 285 g/mol. The van der Waals surface area contributed by atoms with Crippen molar-refractivity contribution in [2.45, 2.75) is 18.3 Å². The van der Waals surface area contributed by atoms with Crippen molar-refractivity contribution in [1.82, 2.24) is 5.32 Å². The van der Waals surface area contributed by atoms with E-state index >= 15 is 0 Å². The smallest absolute Gasteiger partial charge is 0.337 e. The first-order valence-corrected chi connectivity index (χ1v) is 7.01. The number of halogens is 1. The first kappa shape index (κ1) is 16.5. The third-order valence-corrected chi connectivity index (χ3v) is 3.51. The lowest BCUT2D eigenvalue weighted by atomic mass is 10.1. The summed E-state index contributed by atoms with van der Waals surface area (Å²) < 4.78 is 12.7. The number of aliphatic hydroxyl groups is 1. The Morgan fingerprint density at radius 1 is 1.35 bits per heavy atom. The molecule has 1 unspecified atom stereocenters. The summed E-state index contributed by atoms with van der Waals surface area (Å²) in [6.07, 6.45) is 0. The maximum atomic E-state index is 12.7. The van der Waals surface area contributed by atoms with Gasteiger partial charge in [0, 0.05) is 5.75 Å². The number of carbonyl (C=O) groups is 2. The summed E-state index contributed by atoms with van der Waals surface area (Å²) in [7, 11) is 0. The molecule has 1 aromatic rings. The molecule has 0 aliphatic rings. The lowest BCUT2D eigenvalue weighted by Crippen LogP contribution is -2.46. The lowest BCUT2D eigenvalue weighted by molar-refractivity contribution is -0.156. The molecule has 110 valence electrons. The molecule has 1 aromatic carbocycles. The van der Waals surface area contributed by atoms with Crippen LogP contribution < -0.4 is 5.32 Å². The van der Waals surface area contributed by atoms with E-state index in [1.54, 1.807) is 12.1 Å². The van der Waals surface area contributed by atoms with E-state index < -0.39 is 11.6 Å². The van der Waals surface area contributed by atoms with Gasteiger partial charge in [-0.05, 0) is 24.6 Å². The normalized spacial score (nSPS) is 13.6. The first-order chi connectivity index (χ1) is 9.31. The minimum absolute atomic E-state index is 0.132. The monoisotopic (exact) mass is 301 g/mol. The van der Waals surface area contributed by atoms with Crippen LogP contribution in [0.4, 0.5) is 4.39 Å². The van der Waals surface area contributed by atoms with Gasteiger partial charge in [-0.25, -0.2) is 9.18 Å². The highest BCUT2D eigenvalue weighted by Crippen LogP contribution is 2.12. The number of amides is 1. The van der Waals surface area contributed by atoms with Crippen molar-refractivity contribution in [3.05, 3.63) is 35.6 Å². The quantitative estimate of drug-likeness (QED) is 0.700. The van der Waals surface area contributed by atoms with Crippen molar-refractivity contribution in [3.63, 3.8) is 0 Å². The Balaban J connectivity index is 2.27. The SMILES string of the molecule is CC(O)(CNC(=O)CSCc1ccc(F)cc1)C(=O)O. The number of aliphatic carboxylic acids is 1. The van der Waals surface area contributed by atoms with E-state index in [4.69, 9.17) is 5.11 Å². The van der Waals surface area contributed by atoms with Crippen molar-refractivity contribution in [1.29, 1.82) is 0 Å². The molecule has 1 rings (SSSR count). The second kappa shape index (κ2) is 7.25. The van der Waals surface area contributed by atoms with E-state index in [1.165, 1.54) is 23.9 Å². The van der Waals surface area contributed by atoms with Gasteiger partial charge >= 0.3 is 5.97 Å². The molecule has 0 saturated heterocycles. The van der Waals surface area contributed by atoms with Gasteiger partial charge in [0.2, 0.25) is 5.91 Å². The molecule has 5 nitrogen and oxygen atoms in total. The van der Waals surface area contributed by atoms with Crippen LogP contribution in [0, 0.1) is 5.82 Å². The first-order valence-electron chi connectivity index (χ1n) is 5.86. The molecule has 0 aliphatic carbocycles. The number of hydrogen-bond donors (Lipinski definition) is 3. The zero-order chi connectivity index (χ0) is 15.2. The van der Waals surface area contributed by atoms with Crippen molar-refractivity contribution in [2.75, 3.05) is 12.3 Å². The van der Waals surface area contributed by atoms with Gasteiger partial charge in [-0.1, -0.05) is 12.1 Å². The Bertz CT molecular complexity index is 476. The van der Waals surface area contributed by atoms with E-state index in [1.807, 2.05) is 0 Å². The maximum Gasteiger partial charge on any atom is 0.337 e. The van der Waals surface area contributed by atoms with Gasteiger partial charge in [-0.15, -0.1) is 11.8 Å². The summed E-state index contributed by atoms with van der Waals surface area (Å²) in [6, 6.07) is 5.96. The predicted molar refractivity (Wildman–Crippen MR) is 73.8 cm³/mol. The van der Waals surface area contributed by atoms with Crippen LogP contribution in [-0.2, 0) is 15.3 Å². The fourth-order valence-electron chi connectivity index (χ4n) is 1.24. The standard InChI is InChI=1S/C13H16FNO4S/c1-13(19,12(17)18)8-15-11(16)7-20-6-9-2-4-10(14)5-3-9/h2-5,19H,6-8H2,1H3,(H,15,16)(H,17,18). The van der Waals surface area contributed by atoms with Gasteiger partial charge in [-0.3, -0.25) is 4.79 Å². The topological polar surface area (TPSA) is 86.6 Å². The number of nitrogens with one attached hydrogen (secondary N) is 1. The number of carboxylic acid groups (broad SMARTS) is 1. The summed E-state index contributed by atoms with van der Waals surface area (Å²) in [5.74, 6) is -1.39. The molecule has 0 saturated carbocycles. The number of hydrogen-bond acceptors (Lipinski definition) is 4. The minimum atomic E-state index is -1.97. The number of thioether (sulfide) groups is 1. The van der Waals surface area contributed by atoms with Crippen molar-refractivity contribution < 1.29 is 24.2 Å². The Kier molecular flexibility index (Phi) is 5.97. The molecule has 7 heteroatoms. The minimum Gasteiger partial charge on any atom is -0.479 e. The van der Waals surface area contributed by atoms with E-state index in [0.717, 1.165) is 12.5 Å². The second-order valence-electron chi connectivity index (χ2n) is 4.48. The summed E-state index contributed by atoms with van der Waals surface area (Å²) in [6.45, 7) is 0.763. The van der Waals surface area contributed by atoms with Crippen LogP contribution in [-0.4, -0.2) is 40.0 Å². The molecule has 0 radical (unpaired) electrons. The third-order valence-electron chi connectivity index (χ3n) is 2.51. The number of carboxylic acids is 1. The Morgan fingerprint density at radius 3 is 2.50 bits per heavy atom. The molecule has 0 heterocycles. The molecule has 0 spiro atoms. The van der Waals surface area contributed by atoms with Crippen molar-refractivity contribution >= 4 is 23.6 Å². The molecular formula is C13H16FNO4S. The third kappa shape index (κ3) is 5.58. The van der Waals surface area contributed by atoms with Crippen LogP contribution in [0.1, 0.15) is 12.5 Å². The summed E-state index contributed by atoms with van der Waals surface area (Å²) in [5.41, 5.74) is -1.08. The molecule has 0 fully saturated rings. The van der Waals surface area contributed by atoms with Crippen LogP contribution in [0.15, 0.2) is 24.3 Å². The fourth-order valence-corrected chi connectivity index (χ4v) is 2.06. The van der Waals surface area contributed by atoms with E-state index in [9.17, 15) is 19.1 Å². The number of carbonyl (C=O) groups excluding carboxylic acids is 1. The molecule has 1 amide bonds. The Hall–Kier alpha value is -1.60. The molecule has 3 N–H and O–H groups in total. The van der Waals surface area contributed by atoms with Crippen LogP contribution in [0.2, 0.25) is 0 Å². The van der Waals surface area contributed by atoms with E-state index in [0.29, 0.717) is 5.75 Å². The fraction of sp³-hybridized carbons (Fsp3) is 0.385. The average molecular weight is 301 g/mol. The summed E-state index contributed by atoms with van der Waals surface area (Å²) in [5, 5.41) is 20.4. The van der Waals surface area contributed by atoms with Gasteiger partial charge in [-0.2, -0.15) is 0 Å². The van der Waals surface area contributed by atoms with E-state index in [-0.39, 0.29) is 24.0 Å². The van der Waals surface area contributed by atoms with Gasteiger partial charge in [0.15, 0.2) is 5.60 Å². The predicted octanol–water partition coefficient (Wildman–Crippen LogP) is 1.01. The van der Waals surface area contributed by atoms with E-state index in [2.05, 4.69) is 5.32 Å². The highest BCUT2D eigenvalue weighted by Gasteiger charge is 2.30. The number of rotatable bonds is 7. The zero-order valence-corrected chi connectivity index (χ0v) is 11.7. The Morgan fingerprint density at radius 2 is 1.95 bits per heavy atom. The lowest BCUT2D eigenvalue weighted by Gasteiger charge is -2.18. The van der Waals surface area contributed by atoms with Gasteiger partial charge in [0.25, 0.3) is 0 Å². The van der Waals surface area contributed by atoms with Crippen molar-refractivity contribution in [2.24, 2.45) is 0 Å². The molecule has 1 atom stereocenters. The average Bonchev–Trinajstić information content (AvgIpc) is 2.39. The van der Waals surface area contributed by atoms with Gasteiger partial charge in [0.1, 0.15) is 5.82 Å². The molecule has 0 aliphatic heterocycles. The molecule has 0 aromatic heterocycles. The van der Waals surface area contributed by atoms with Crippen molar-refractivity contribution in [3.8, 4) is 0 Å².